The van der Waals surface area contributed by atoms with Gasteiger partial charge in [0.15, 0.2) is 0 Å². The monoisotopic (exact) mass is 303 g/mol. The van der Waals surface area contributed by atoms with Gasteiger partial charge < -0.3 is 15.2 Å². The van der Waals surface area contributed by atoms with E-state index in [1.807, 2.05) is 24.3 Å². The van der Waals surface area contributed by atoms with Gasteiger partial charge in [-0.15, -0.1) is 0 Å². The molecule has 2 rings (SSSR count). The molecule has 2 N–H and O–H groups in total. The zero-order valence-corrected chi connectivity index (χ0v) is 12.6. The Morgan fingerprint density at radius 2 is 1.77 bits per heavy atom. The molecule has 0 saturated carbocycles. The largest absolute Gasteiger partial charge is 0.489 e. The van der Waals surface area contributed by atoms with Crippen LogP contribution in [0, 0.1) is 5.82 Å². The number of benzene rings is 2. The Labute approximate surface area is 130 Å². The van der Waals surface area contributed by atoms with E-state index < -0.39 is 0 Å². The topological polar surface area (TPSA) is 41.5 Å². The quantitative estimate of drug-likeness (QED) is 0.699. The van der Waals surface area contributed by atoms with Gasteiger partial charge in [-0.05, 0) is 43.1 Å². The number of hydrogen-bond acceptors (Lipinski definition) is 3. The highest BCUT2D eigenvalue weighted by Gasteiger charge is 2.03. The SMILES string of the molecule is OCCCCNCc1ccccc1OCc1ccc(F)cc1. The van der Waals surface area contributed by atoms with Gasteiger partial charge >= 0.3 is 0 Å². The molecule has 0 fully saturated rings. The fourth-order valence-corrected chi connectivity index (χ4v) is 2.12. The van der Waals surface area contributed by atoms with E-state index in [2.05, 4.69) is 5.32 Å². The number of hydrogen-bond donors (Lipinski definition) is 2. The minimum atomic E-state index is -0.240. The van der Waals surface area contributed by atoms with Crippen molar-refractivity contribution in [2.45, 2.75) is 26.0 Å². The number of aliphatic hydroxyl groups is 1. The van der Waals surface area contributed by atoms with Crippen molar-refractivity contribution in [1.82, 2.24) is 5.32 Å². The summed E-state index contributed by atoms with van der Waals surface area (Å²) in [6, 6.07) is 14.2. The molecule has 22 heavy (non-hydrogen) atoms. The summed E-state index contributed by atoms with van der Waals surface area (Å²) in [4.78, 5) is 0. The Morgan fingerprint density at radius 1 is 1.00 bits per heavy atom. The summed E-state index contributed by atoms with van der Waals surface area (Å²) in [6.07, 6.45) is 1.77. The molecule has 0 bridgehead atoms. The van der Waals surface area contributed by atoms with Crippen LogP contribution in [0.25, 0.3) is 0 Å². The van der Waals surface area contributed by atoms with Crippen molar-refractivity contribution in [2.75, 3.05) is 13.2 Å². The van der Waals surface area contributed by atoms with E-state index in [0.717, 1.165) is 42.8 Å². The maximum absolute atomic E-state index is 12.9. The molecule has 0 saturated heterocycles. The molecule has 118 valence electrons. The summed E-state index contributed by atoms with van der Waals surface area (Å²) < 4.78 is 18.7. The van der Waals surface area contributed by atoms with E-state index in [0.29, 0.717) is 6.61 Å². The normalized spacial score (nSPS) is 10.6. The van der Waals surface area contributed by atoms with Crippen molar-refractivity contribution in [3.05, 3.63) is 65.5 Å². The van der Waals surface area contributed by atoms with Gasteiger partial charge in [0.2, 0.25) is 0 Å². The molecule has 0 unspecified atom stereocenters. The highest BCUT2D eigenvalue weighted by molar-refractivity contribution is 5.33. The van der Waals surface area contributed by atoms with Crippen molar-refractivity contribution in [1.29, 1.82) is 0 Å². The highest BCUT2D eigenvalue weighted by atomic mass is 19.1. The maximum atomic E-state index is 12.9. The lowest BCUT2D eigenvalue weighted by Crippen LogP contribution is -2.15. The molecule has 2 aromatic carbocycles. The molecule has 0 aliphatic carbocycles. The van der Waals surface area contributed by atoms with Crippen LogP contribution in [0.1, 0.15) is 24.0 Å². The van der Waals surface area contributed by atoms with Gasteiger partial charge in [-0.2, -0.15) is 0 Å². The van der Waals surface area contributed by atoms with Crippen LogP contribution in [0.2, 0.25) is 0 Å². The first-order valence-corrected chi connectivity index (χ1v) is 7.56. The minimum absolute atomic E-state index is 0.235. The molecule has 4 heteroatoms. The summed E-state index contributed by atoms with van der Waals surface area (Å²) in [5.74, 6) is 0.595. The fraction of sp³-hybridized carbons (Fsp3) is 0.333. The van der Waals surface area contributed by atoms with Crippen molar-refractivity contribution in [3.8, 4) is 5.75 Å². The number of nitrogens with one attached hydrogen (secondary N) is 1. The molecule has 0 spiro atoms. The Morgan fingerprint density at radius 3 is 2.55 bits per heavy atom. The summed E-state index contributed by atoms with van der Waals surface area (Å²) in [5.41, 5.74) is 2.03. The fourth-order valence-electron chi connectivity index (χ4n) is 2.12. The molecule has 3 nitrogen and oxygen atoms in total. The molecule has 0 aromatic heterocycles. The van der Waals surface area contributed by atoms with Crippen molar-refractivity contribution in [3.63, 3.8) is 0 Å². The summed E-state index contributed by atoms with van der Waals surface area (Å²) >= 11 is 0. The number of halogens is 1. The van der Waals surface area contributed by atoms with Gasteiger partial charge in [0, 0.05) is 18.7 Å². The number of para-hydroxylation sites is 1. The van der Waals surface area contributed by atoms with Crippen LogP contribution in [0.3, 0.4) is 0 Å². The molecule has 0 amide bonds. The molecular weight excluding hydrogens is 281 g/mol. The molecule has 0 heterocycles. The Hall–Kier alpha value is -1.91. The van der Waals surface area contributed by atoms with E-state index in [1.54, 1.807) is 12.1 Å². The predicted molar refractivity (Wildman–Crippen MR) is 85.2 cm³/mol. The first kappa shape index (κ1) is 16.5. The smallest absolute Gasteiger partial charge is 0.124 e. The Balaban J connectivity index is 1.86. The summed E-state index contributed by atoms with van der Waals surface area (Å²) in [6.45, 7) is 2.25. The van der Waals surface area contributed by atoms with E-state index in [-0.39, 0.29) is 12.4 Å². The van der Waals surface area contributed by atoms with Gasteiger partial charge in [-0.3, -0.25) is 0 Å². The summed E-state index contributed by atoms with van der Waals surface area (Å²) in [5, 5.41) is 12.1. The van der Waals surface area contributed by atoms with E-state index in [4.69, 9.17) is 9.84 Å². The lowest BCUT2D eigenvalue weighted by Gasteiger charge is -2.12. The first-order valence-electron chi connectivity index (χ1n) is 7.56. The molecule has 0 aliphatic rings. The van der Waals surface area contributed by atoms with Gasteiger partial charge in [0.1, 0.15) is 18.2 Å². The molecule has 0 aliphatic heterocycles. The average Bonchev–Trinajstić information content (AvgIpc) is 2.55. The van der Waals surface area contributed by atoms with Crippen LogP contribution in [-0.4, -0.2) is 18.3 Å². The lowest BCUT2D eigenvalue weighted by molar-refractivity contribution is 0.283. The third-order valence-electron chi connectivity index (χ3n) is 3.36. The summed E-state index contributed by atoms with van der Waals surface area (Å²) in [7, 11) is 0. The van der Waals surface area contributed by atoms with Crippen LogP contribution in [0.5, 0.6) is 5.75 Å². The highest BCUT2D eigenvalue weighted by Crippen LogP contribution is 2.19. The predicted octanol–water partition coefficient (Wildman–Crippen LogP) is 3.27. The van der Waals surface area contributed by atoms with Crippen LogP contribution in [0.4, 0.5) is 4.39 Å². The van der Waals surface area contributed by atoms with Crippen molar-refractivity contribution in [2.24, 2.45) is 0 Å². The van der Waals surface area contributed by atoms with E-state index >= 15 is 0 Å². The zero-order valence-electron chi connectivity index (χ0n) is 12.6. The molecule has 0 radical (unpaired) electrons. The number of ether oxygens (including phenoxy) is 1. The number of unbranched alkanes of at least 4 members (excludes halogenated alkanes) is 1. The second-order valence-electron chi connectivity index (χ2n) is 5.13. The Bertz CT molecular complexity index is 557. The third-order valence-corrected chi connectivity index (χ3v) is 3.36. The van der Waals surface area contributed by atoms with Crippen LogP contribution in [0.15, 0.2) is 48.5 Å². The lowest BCUT2D eigenvalue weighted by atomic mass is 10.2. The van der Waals surface area contributed by atoms with E-state index in [1.165, 1.54) is 12.1 Å². The molecular formula is C18H22FNO2. The van der Waals surface area contributed by atoms with Gasteiger partial charge in [0.05, 0.1) is 0 Å². The van der Waals surface area contributed by atoms with Crippen LogP contribution >= 0.6 is 0 Å². The molecule has 0 atom stereocenters. The maximum Gasteiger partial charge on any atom is 0.124 e. The average molecular weight is 303 g/mol. The van der Waals surface area contributed by atoms with E-state index in [9.17, 15) is 4.39 Å². The van der Waals surface area contributed by atoms with Crippen LogP contribution in [-0.2, 0) is 13.2 Å². The third kappa shape index (κ3) is 5.47. The zero-order chi connectivity index (χ0) is 15.6. The molecule has 2 aromatic rings. The van der Waals surface area contributed by atoms with Crippen molar-refractivity contribution >= 4 is 0 Å². The second-order valence-corrected chi connectivity index (χ2v) is 5.13. The van der Waals surface area contributed by atoms with Gasteiger partial charge in [0.25, 0.3) is 0 Å². The van der Waals surface area contributed by atoms with Crippen molar-refractivity contribution < 1.29 is 14.2 Å². The van der Waals surface area contributed by atoms with Crippen LogP contribution < -0.4 is 10.1 Å². The van der Waals surface area contributed by atoms with Gasteiger partial charge in [-0.1, -0.05) is 30.3 Å². The second kappa shape index (κ2) is 9.18. The minimum Gasteiger partial charge on any atom is -0.489 e. The standard InChI is InChI=1S/C18H22FNO2/c19-17-9-7-15(8-10-17)14-22-18-6-2-1-5-16(18)13-20-11-3-4-12-21/h1-2,5-10,20-21H,3-4,11-14H2. The number of aliphatic hydroxyl groups excluding tert-OH is 1. The van der Waals surface area contributed by atoms with Gasteiger partial charge in [-0.25, -0.2) is 4.39 Å². The Kier molecular flexibility index (Phi) is 6.87. The first-order chi connectivity index (χ1) is 10.8. The number of rotatable bonds is 9.